The molecule has 182 valence electrons. The van der Waals surface area contributed by atoms with Crippen LogP contribution in [0.15, 0.2) is 54.9 Å². The minimum atomic E-state index is -0.623. The molecule has 2 N–H and O–H groups in total. The van der Waals surface area contributed by atoms with Crippen molar-refractivity contribution in [3.8, 4) is 17.1 Å². The third-order valence-corrected chi connectivity index (χ3v) is 6.19. The van der Waals surface area contributed by atoms with E-state index in [4.69, 9.17) is 10.5 Å². The van der Waals surface area contributed by atoms with Crippen molar-refractivity contribution in [2.24, 2.45) is 0 Å². The summed E-state index contributed by atoms with van der Waals surface area (Å²) in [6.07, 6.45) is 3.19. The molecule has 0 saturated carbocycles. The predicted molar refractivity (Wildman–Crippen MR) is 128 cm³/mol. The number of carbonyl (C=O) groups excluding carboxylic acids is 1. The fraction of sp³-hybridized carbons (Fsp3) is 0.192. The van der Waals surface area contributed by atoms with Crippen LogP contribution in [0.4, 0.5) is 14.7 Å². The number of aryl methyl sites for hydroxylation is 1. The predicted octanol–water partition coefficient (Wildman–Crippen LogP) is 4.05. The molecule has 1 aliphatic heterocycles. The number of hydrogen-bond acceptors (Lipinski definition) is 7. The van der Waals surface area contributed by atoms with Gasteiger partial charge in [-0.3, -0.25) is 9.78 Å². The highest BCUT2D eigenvalue weighted by Gasteiger charge is 2.37. The topological polar surface area (TPSA) is 107 Å². The van der Waals surface area contributed by atoms with Crippen molar-refractivity contribution >= 4 is 11.9 Å². The minimum Gasteiger partial charge on any atom is -0.480 e. The molecule has 2 aromatic heterocycles. The van der Waals surface area contributed by atoms with Gasteiger partial charge in [-0.05, 0) is 30.7 Å². The van der Waals surface area contributed by atoms with Crippen molar-refractivity contribution in [1.29, 1.82) is 0 Å². The lowest BCUT2D eigenvalue weighted by Crippen LogP contribution is -2.41. The van der Waals surface area contributed by atoms with E-state index in [1.165, 1.54) is 37.7 Å². The first-order valence-electron chi connectivity index (χ1n) is 11.2. The van der Waals surface area contributed by atoms with E-state index in [1.54, 1.807) is 36.1 Å². The maximum absolute atomic E-state index is 14.6. The molecule has 0 fully saturated rings. The van der Waals surface area contributed by atoms with Gasteiger partial charge in [0.15, 0.2) is 0 Å². The van der Waals surface area contributed by atoms with Crippen molar-refractivity contribution in [2.75, 3.05) is 12.8 Å². The lowest BCUT2D eigenvalue weighted by Gasteiger charge is -2.38. The molecular weight excluding hydrogens is 466 g/mol. The highest BCUT2D eigenvalue weighted by molar-refractivity contribution is 5.98. The van der Waals surface area contributed by atoms with E-state index in [1.807, 2.05) is 0 Å². The lowest BCUT2D eigenvalue weighted by atomic mass is 9.88. The summed E-state index contributed by atoms with van der Waals surface area (Å²) in [6, 6.07) is 9.89. The number of nitrogens with zero attached hydrogens (tertiary/aromatic N) is 5. The van der Waals surface area contributed by atoms with Crippen molar-refractivity contribution in [3.05, 3.63) is 94.6 Å². The molecule has 36 heavy (non-hydrogen) atoms. The Hall–Kier alpha value is -4.47. The Bertz CT molecular complexity index is 1480. The van der Waals surface area contributed by atoms with Crippen LogP contribution in [0.2, 0.25) is 0 Å². The monoisotopic (exact) mass is 488 g/mol. The molecule has 0 aliphatic carbocycles. The minimum absolute atomic E-state index is 0.0139. The summed E-state index contributed by atoms with van der Waals surface area (Å²) in [4.78, 5) is 32.4. The molecule has 0 unspecified atom stereocenters. The highest BCUT2D eigenvalue weighted by atomic mass is 19.1. The lowest BCUT2D eigenvalue weighted by molar-refractivity contribution is 0.0622. The molecule has 3 heterocycles. The second-order valence-corrected chi connectivity index (χ2v) is 8.41. The van der Waals surface area contributed by atoms with Crippen LogP contribution in [0.5, 0.6) is 5.88 Å². The molecule has 2 aromatic carbocycles. The number of methoxy groups -OCH3 is 1. The van der Waals surface area contributed by atoms with Crippen LogP contribution in [0.25, 0.3) is 11.3 Å². The first-order valence-corrected chi connectivity index (χ1v) is 11.2. The van der Waals surface area contributed by atoms with E-state index in [-0.39, 0.29) is 30.7 Å². The van der Waals surface area contributed by atoms with Crippen LogP contribution in [-0.4, -0.2) is 37.9 Å². The Balaban J connectivity index is 1.69. The quantitative estimate of drug-likeness (QED) is 0.452. The number of benzene rings is 2. The smallest absolute Gasteiger partial charge is 0.258 e. The summed E-state index contributed by atoms with van der Waals surface area (Å²) in [7, 11) is 1.46. The number of aromatic nitrogens is 4. The number of ether oxygens (including phenoxy) is 1. The zero-order valence-corrected chi connectivity index (χ0v) is 19.6. The van der Waals surface area contributed by atoms with Gasteiger partial charge in [-0.2, -0.15) is 0 Å². The number of hydrogen-bond donors (Lipinski definition) is 1. The van der Waals surface area contributed by atoms with E-state index in [9.17, 15) is 13.6 Å². The number of rotatable bonds is 5. The third kappa shape index (κ3) is 4.21. The van der Waals surface area contributed by atoms with Gasteiger partial charge in [0.05, 0.1) is 48.2 Å². The molecule has 10 heteroatoms. The second-order valence-electron chi connectivity index (χ2n) is 8.41. The zero-order valence-electron chi connectivity index (χ0n) is 19.6. The summed E-state index contributed by atoms with van der Waals surface area (Å²) in [6.45, 7) is 1.67. The maximum atomic E-state index is 14.6. The Morgan fingerprint density at radius 3 is 2.69 bits per heavy atom. The summed E-state index contributed by atoms with van der Waals surface area (Å²) < 4.78 is 34.3. The molecule has 4 aromatic rings. The van der Waals surface area contributed by atoms with Crippen LogP contribution >= 0.6 is 0 Å². The average Bonchev–Trinajstić information content (AvgIpc) is 2.86. The summed E-state index contributed by atoms with van der Waals surface area (Å²) in [5.74, 6) is -0.971. The van der Waals surface area contributed by atoms with Crippen molar-refractivity contribution in [1.82, 2.24) is 24.8 Å². The van der Waals surface area contributed by atoms with Crippen LogP contribution in [0.3, 0.4) is 0 Å². The molecule has 0 spiro atoms. The summed E-state index contributed by atoms with van der Waals surface area (Å²) >= 11 is 0. The molecule has 5 rings (SSSR count). The Labute approximate surface area is 205 Å². The number of fused-ring (bicyclic) bond motifs is 1. The van der Waals surface area contributed by atoms with Gasteiger partial charge < -0.3 is 15.4 Å². The molecule has 0 saturated heterocycles. The normalized spacial score (nSPS) is 15.1. The Morgan fingerprint density at radius 2 is 1.92 bits per heavy atom. The van der Waals surface area contributed by atoms with Crippen LogP contribution in [0.1, 0.15) is 38.9 Å². The Morgan fingerprint density at radius 1 is 1.11 bits per heavy atom. The highest BCUT2D eigenvalue weighted by Crippen LogP contribution is 2.39. The third-order valence-electron chi connectivity index (χ3n) is 6.19. The van der Waals surface area contributed by atoms with Gasteiger partial charge in [-0.15, -0.1) is 0 Å². The second kappa shape index (κ2) is 9.29. The molecule has 1 aliphatic rings. The standard InChI is InChI=1S/C26H22F2N6O2/c1-14-24-20(33-26(29)31-14)10-22(34(25(24)35)13-15-5-3-4-6-19(15)28)17-8-7-16(27)9-18(17)21-11-30-12-23(32-21)36-2/h3-9,11-12,22H,10,13H2,1-2H3,(H2,29,31,33)/t22-/m1/s1. The maximum Gasteiger partial charge on any atom is 0.258 e. The molecule has 8 nitrogen and oxygen atoms in total. The number of anilines is 1. The summed E-state index contributed by atoms with van der Waals surface area (Å²) in [5, 5.41) is 0. The van der Waals surface area contributed by atoms with Gasteiger partial charge in [0, 0.05) is 24.1 Å². The Kier molecular flexibility index (Phi) is 6.01. The molecule has 0 bridgehead atoms. The van der Waals surface area contributed by atoms with Gasteiger partial charge >= 0.3 is 0 Å². The molecule has 1 atom stereocenters. The van der Waals surface area contributed by atoms with Gasteiger partial charge in [-0.25, -0.2) is 23.7 Å². The van der Waals surface area contributed by atoms with E-state index in [0.717, 1.165) is 0 Å². The number of amides is 1. The molecule has 1 amide bonds. The van der Waals surface area contributed by atoms with Crippen molar-refractivity contribution in [3.63, 3.8) is 0 Å². The largest absolute Gasteiger partial charge is 0.480 e. The van der Waals surface area contributed by atoms with Gasteiger partial charge in [0.1, 0.15) is 11.6 Å². The van der Waals surface area contributed by atoms with E-state index in [2.05, 4.69) is 19.9 Å². The van der Waals surface area contributed by atoms with Gasteiger partial charge in [0.25, 0.3) is 5.91 Å². The number of nitrogen functional groups attached to an aromatic ring is 1. The van der Waals surface area contributed by atoms with Crippen molar-refractivity contribution in [2.45, 2.75) is 25.9 Å². The SMILES string of the molecule is COc1cncc(-c2cc(F)ccc2[C@H]2Cc3nc(N)nc(C)c3C(=O)N2Cc2ccccc2F)n1. The van der Waals surface area contributed by atoms with Gasteiger partial charge in [0.2, 0.25) is 11.8 Å². The van der Waals surface area contributed by atoms with Crippen LogP contribution in [0, 0.1) is 18.6 Å². The van der Waals surface area contributed by atoms with Crippen LogP contribution in [-0.2, 0) is 13.0 Å². The molecule has 0 radical (unpaired) electrons. The van der Waals surface area contributed by atoms with Crippen molar-refractivity contribution < 1.29 is 18.3 Å². The number of halogens is 2. The van der Waals surface area contributed by atoms with Gasteiger partial charge in [-0.1, -0.05) is 24.3 Å². The summed E-state index contributed by atoms with van der Waals surface area (Å²) in [5.41, 5.74) is 8.88. The molecular formula is C26H22F2N6O2. The first-order chi connectivity index (χ1) is 17.4. The fourth-order valence-corrected chi connectivity index (χ4v) is 4.55. The zero-order chi connectivity index (χ0) is 25.4. The number of nitrogens with two attached hydrogens (primary N) is 1. The fourth-order valence-electron chi connectivity index (χ4n) is 4.55. The van der Waals surface area contributed by atoms with E-state index in [0.29, 0.717) is 39.3 Å². The first kappa shape index (κ1) is 23.3. The number of carbonyl (C=O) groups is 1. The average molecular weight is 488 g/mol. The van der Waals surface area contributed by atoms with E-state index >= 15 is 0 Å². The van der Waals surface area contributed by atoms with Crippen LogP contribution < -0.4 is 10.5 Å². The van der Waals surface area contributed by atoms with E-state index < -0.39 is 17.7 Å².